The van der Waals surface area contributed by atoms with Crippen molar-refractivity contribution < 1.29 is 19.5 Å². The molecule has 2 rings (SSSR count). The summed E-state index contributed by atoms with van der Waals surface area (Å²) in [6.07, 6.45) is 5.78. The van der Waals surface area contributed by atoms with Crippen molar-refractivity contribution in [3.05, 3.63) is 28.0 Å². The van der Waals surface area contributed by atoms with Crippen molar-refractivity contribution in [1.29, 1.82) is 0 Å². The predicted octanol–water partition coefficient (Wildman–Crippen LogP) is 2.97. The van der Waals surface area contributed by atoms with Gasteiger partial charge >= 0.3 is 0 Å². The number of hydrogen-bond acceptors (Lipinski definition) is 1. The van der Waals surface area contributed by atoms with Crippen molar-refractivity contribution in [3.8, 4) is 0 Å². The fourth-order valence-corrected chi connectivity index (χ4v) is 3.96. The molecule has 74 valence electrons. The molecule has 2 atom stereocenters. The summed E-state index contributed by atoms with van der Waals surface area (Å²) in [4.78, 5) is 0. The molecule has 0 aromatic rings. The smallest absolute Gasteiger partial charge is 0.0207 e. The Balaban J connectivity index is 0.000000980. The number of rotatable bonds is 1. The van der Waals surface area contributed by atoms with Crippen LogP contribution in [0, 0.1) is 18.3 Å². The molecule has 2 aliphatic heterocycles. The molecule has 0 spiro atoms. The van der Waals surface area contributed by atoms with E-state index in [-0.39, 0.29) is 40.2 Å². The van der Waals surface area contributed by atoms with E-state index in [4.69, 9.17) is 0 Å². The van der Waals surface area contributed by atoms with Crippen LogP contribution in [0.5, 0.6) is 0 Å². The monoisotopic (exact) mass is 352 g/mol. The fourth-order valence-electron chi connectivity index (χ4n) is 1.86. The van der Waals surface area contributed by atoms with Crippen LogP contribution in [0.4, 0.5) is 0 Å². The van der Waals surface area contributed by atoms with Gasteiger partial charge in [0.15, 0.2) is 0 Å². The van der Waals surface area contributed by atoms with Crippen molar-refractivity contribution in [2.24, 2.45) is 11.8 Å². The minimum Gasteiger partial charge on any atom is -0.393 e. The number of nitrogens with one attached hydrogen (secondary N) is 1. The van der Waals surface area contributed by atoms with E-state index in [1.54, 1.807) is 0 Å². The second-order valence-corrected chi connectivity index (χ2v) is 5.80. The van der Waals surface area contributed by atoms with Crippen LogP contribution >= 0.6 is 20.7 Å². The molecule has 0 fully saturated rings. The van der Waals surface area contributed by atoms with E-state index in [0.29, 0.717) is 5.92 Å². The first-order chi connectivity index (χ1) is 6.31. The number of fused-ring (bicyclic) bond motifs is 1. The maximum Gasteiger partial charge on any atom is 0.0207 e. The summed E-state index contributed by atoms with van der Waals surface area (Å²) < 4.78 is 4.92. The van der Waals surface area contributed by atoms with E-state index in [9.17, 15) is 0 Å². The summed E-state index contributed by atoms with van der Waals surface area (Å²) in [6, 6.07) is 0. The third kappa shape index (κ3) is 2.49. The quantitative estimate of drug-likeness (QED) is 0.434. The summed E-state index contributed by atoms with van der Waals surface area (Å²) in [7, 11) is 0. The van der Waals surface area contributed by atoms with Gasteiger partial charge in [0.2, 0.25) is 0 Å². The topological polar surface area (TPSA) is 12.0 Å². The zero-order valence-corrected chi connectivity index (χ0v) is 13.9. The van der Waals surface area contributed by atoms with Gasteiger partial charge in [-0.05, 0) is 16.4 Å². The second-order valence-electron chi connectivity index (χ2n) is 3.58. The SMILES string of the molecule is C[CH-]C1=CC(C)[C@@H]2CC=IC=C2N1.[Zn]. The Morgan fingerprint density at radius 1 is 1.57 bits per heavy atom. The molecule has 0 saturated heterocycles. The van der Waals surface area contributed by atoms with Gasteiger partial charge in [-0.15, -0.1) is 12.6 Å². The summed E-state index contributed by atoms with van der Waals surface area (Å²) in [6.45, 7) is 4.41. The number of allylic oxidation sites excluding steroid dienone is 3. The molecule has 0 saturated carbocycles. The molecule has 1 N–H and O–H groups in total. The third-order valence-electron chi connectivity index (χ3n) is 2.69. The Hall–Kier alpha value is 0.373. The zero-order chi connectivity index (χ0) is 9.26. The largest absolute Gasteiger partial charge is 0.393 e. The van der Waals surface area contributed by atoms with Gasteiger partial charge in [0.05, 0.1) is 0 Å². The van der Waals surface area contributed by atoms with Crippen LogP contribution in [-0.2, 0) is 19.5 Å². The first-order valence-corrected chi connectivity index (χ1v) is 7.22. The van der Waals surface area contributed by atoms with Crippen molar-refractivity contribution in [2.45, 2.75) is 20.3 Å². The molecule has 2 heterocycles. The van der Waals surface area contributed by atoms with Crippen LogP contribution in [0.1, 0.15) is 20.3 Å². The van der Waals surface area contributed by atoms with Gasteiger partial charge in [0, 0.05) is 25.2 Å². The molecule has 0 aromatic carbocycles. The van der Waals surface area contributed by atoms with E-state index in [2.05, 4.69) is 39.8 Å². The molecular formula is C11H15INZn-. The number of hydrogen-bond donors (Lipinski definition) is 1. The minimum absolute atomic E-state index is 0. The molecule has 0 amide bonds. The van der Waals surface area contributed by atoms with Crippen molar-refractivity contribution in [3.63, 3.8) is 0 Å². The van der Waals surface area contributed by atoms with E-state index < -0.39 is 0 Å². The van der Waals surface area contributed by atoms with Gasteiger partial charge in [-0.3, -0.25) is 0 Å². The van der Waals surface area contributed by atoms with E-state index >= 15 is 0 Å². The molecule has 0 aliphatic carbocycles. The molecular weight excluding hydrogens is 338 g/mol. The van der Waals surface area contributed by atoms with Gasteiger partial charge < -0.3 is 5.32 Å². The van der Waals surface area contributed by atoms with Crippen LogP contribution < -0.4 is 5.32 Å². The average molecular weight is 354 g/mol. The van der Waals surface area contributed by atoms with Crippen molar-refractivity contribution in [2.75, 3.05) is 0 Å². The van der Waals surface area contributed by atoms with Crippen molar-refractivity contribution in [1.82, 2.24) is 5.32 Å². The van der Waals surface area contributed by atoms with E-state index in [1.165, 1.54) is 17.8 Å². The molecule has 2 aliphatic rings. The van der Waals surface area contributed by atoms with Crippen LogP contribution in [0.2, 0.25) is 0 Å². The standard InChI is InChI=1S/C11H15IN.Zn/c1-3-9-6-8(2)10-4-5-12-7-11(10)13-9;/h3,5-8,10,13H,4H2,1-2H3;/q-1;/t8?,10-;/m0./s1. The maximum atomic E-state index is 3.51. The Labute approximate surface area is 109 Å². The fraction of sp³-hybridized carbons (Fsp3) is 0.455. The summed E-state index contributed by atoms with van der Waals surface area (Å²) >= 11 is 0.234. The Morgan fingerprint density at radius 2 is 2.36 bits per heavy atom. The second kappa shape index (κ2) is 5.46. The van der Waals surface area contributed by atoms with Crippen LogP contribution in [0.25, 0.3) is 0 Å². The Kier molecular flexibility index (Phi) is 4.85. The summed E-state index contributed by atoms with van der Waals surface area (Å²) in [5, 5.41) is 3.51. The molecule has 0 aromatic heterocycles. The van der Waals surface area contributed by atoms with Crippen LogP contribution in [-0.4, -0.2) is 4.01 Å². The number of halogens is 1. The van der Waals surface area contributed by atoms with Gasteiger partial charge in [-0.1, -0.05) is 37.6 Å². The molecule has 1 unspecified atom stereocenters. The van der Waals surface area contributed by atoms with Gasteiger partial charge in [-0.2, -0.15) is 0 Å². The van der Waals surface area contributed by atoms with Gasteiger partial charge in [-0.25, -0.2) is 12.5 Å². The van der Waals surface area contributed by atoms with Gasteiger partial charge in [0.25, 0.3) is 0 Å². The average Bonchev–Trinajstić information content (AvgIpc) is 2.18. The van der Waals surface area contributed by atoms with Crippen LogP contribution in [0.3, 0.4) is 0 Å². The Morgan fingerprint density at radius 3 is 3.07 bits per heavy atom. The predicted molar refractivity (Wildman–Crippen MR) is 66.6 cm³/mol. The molecule has 1 nitrogen and oxygen atoms in total. The molecule has 0 radical (unpaired) electrons. The van der Waals surface area contributed by atoms with Crippen LogP contribution in [0.15, 0.2) is 21.6 Å². The minimum atomic E-state index is 0. The first kappa shape index (κ1) is 12.4. The molecule has 14 heavy (non-hydrogen) atoms. The first-order valence-electron chi connectivity index (χ1n) is 4.73. The van der Waals surface area contributed by atoms with E-state index in [0.717, 1.165) is 5.92 Å². The van der Waals surface area contributed by atoms with Gasteiger partial charge in [0.1, 0.15) is 0 Å². The third-order valence-corrected chi connectivity index (χ3v) is 4.74. The molecule has 0 bridgehead atoms. The normalized spacial score (nSPS) is 29.6. The van der Waals surface area contributed by atoms with E-state index in [1.807, 2.05) is 0 Å². The maximum absolute atomic E-state index is 3.51. The zero-order valence-electron chi connectivity index (χ0n) is 8.76. The summed E-state index contributed by atoms with van der Waals surface area (Å²) in [5.41, 5.74) is 2.78. The van der Waals surface area contributed by atoms with Crippen molar-refractivity contribution >= 4 is 24.7 Å². The molecule has 3 heteroatoms. The summed E-state index contributed by atoms with van der Waals surface area (Å²) in [5.74, 6) is 1.43. The Bertz CT molecular complexity index is 294.